The molecule has 0 spiro atoms. The number of hydrogen-bond donors (Lipinski definition) is 3. The molecule has 1 heterocycles. The number of rotatable bonds is 3. The summed E-state index contributed by atoms with van der Waals surface area (Å²) in [7, 11) is 1.36. The number of amides is 4. The maximum atomic E-state index is 12.1. The minimum absolute atomic E-state index is 0.147. The summed E-state index contributed by atoms with van der Waals surface area (Å²) in [5, 5.41) is 6.90. The van der Waals surface area contributed by atoms with Crippen LogP contribution in [0.5, 0.6) is 0 Å². The van der Waals surface area contributed by atoms with Gasteiger partial charge in [0, 0.05) is 11.9 Å². The SMILES string of the molecule is CNC(=O)NC(=O)C(C)OC(=O)c1ccc2c(c1)NC(=O)CS2. The molecule has 0 aliphatic carbocycles. The van der Waals surface area contributed by atoms with E-state index >= 15 is 0 Å². The summed E-state index contributed by atoms with van der Waals surface area (Å²) in [5.74, 6) is -1.28. The van der Waals surface area contributed by atoms with E-state index in [0.29, 0.717) is 11.4 Å². The number of thioether (sulfide) groups is 1. The first-order valence-electron chi connectivity index (χ1n) is 6.71. The average Bonchev–Trinajstić information content (AvgIpc) is 2.53. The molecule has 0 saturated heterocycles. The number of anilines is 1. The van der Waals surface area contributed by atoms with Crippen molar-refractivity contribution in [2.75, 3.05) is 18.1 Å². The van der Waals surface area contributed by atoms with Crippen LogP contribution in [0, 0.1) is 0 Å². The first-order valence-corrected chi connectivity index (χ1v) is 7.69. The normalized spacial score (nSPS) is 14.1. The lowest BCUT2D eigenvalue weighted by Gasteiger charge is -2.17. The number of fused-ring (bicyclic) bond motifs is 1. The van der Waals surface area contributed by atoms with Crippen LogP contribution in [0.15, 0.2) is 23.1 Å². The highest BCUT2D eigenvalue weighted by atomic mass is 32.2. The second-order valence-electron chi connectivity index (χ2n) is 4.66. The lowest BCUT2D eigenvalue weighted by Crippen LogP contribution is -2.43. The zero-order chi connectivity index (χ0) is 17.0. The predicted octanol–water partition coefficient (Wildman–Crippen LogP) is 0.732. The Morgan fingerprint density at radius 2 is 2.09 bits per heavy atom. The van der Waals surface area contributed by atoms with Gasteiger partial charge in [-0.1, -0.05) is 0 Å². The molecule has 23 heavy (non-hydrogen) atoms. The van der Waals surface area contributed by atoms with Crippen LogP contribution in [0.25, 0.3) is 0 Å². The van der Waals surface area contributed by atoms with Gasteiger partial charge in [-0.05, 0) is 25.1 Å². The molecule has 1 aliphatic heterocycles. The van der Waals surface area contributed by atoms with Gasteiger partial charge in [-0.2, -0.15) is 0 Å². The molecule has 3 N–H and O–H groups in total. The fraction of sp³-hybridized carbons (Fsp3) is 0.286. The third-order valence-corrected chi connectivity index (χ3v) is 4.04. The Labute approximate surface area is 136 Å². The van der Waals surface area contributed by atoms with Crippen LogP contribution in [-0.4, -0.2) is 42.7 Å². The third-order valence-electron chi connectivity index (χ3n) is 2.96. The van der Waals surface area contributed by atoms with E-state index in [1.807, 2.05) is 5.32 Å². The maximum Gasteiger partial charge on any atom is 0.338 e. The Balaban J connectivity index is 2.03. The minimum Gasteiger partial charge on any atom is -0.449 e. The fourth-order valence-electron chi connectivity index (χ4n) is 1.77. The highest BCUT2D eigenvalue weighted by Crippen LogP contribution is 2.32. The molecule has 0 bridgehead atoms. The molecule has 9 heteroatoms. The van der Waals surface area contributed by atoms with Crippen LogP contribution in [0.3, 0.4) is 0 Å². The van der Waals surface area contributed by atoms with Crippen LogP contribution < -0.4 is 16.0 Å². The van der Waals surface area contributed by atoms with E-state index < -0.39 is 24.0 Å². The zero-order valence-electron chi connectivity index (χ0n) is 12.5. The van der Waals surface area contributed by atoms with Crippen molar-refractivity contribution in [3.8, 4) is 0 Å². The summed E-state index contributed by atoms with van der Waals surface area (Å²) in [6.07, 6.45) is -1.14. The predicted molar refractivity (Wildman–Crippen MR) is 83.3 cm³/mol. The molecule has 8 nitrogen and oxygen atoms in total. The number of imide groups is 1. The van der Waals surface area contributed by atoms with Gasteiger partial charge in [0.2, 0.25) is 5.91 Å². The van der Waals surface area contributed by atoms with E-state index in [1.54, 1.807) is 12.1 Å². The number of carbonyl (C=O) groups excluding carboxylic acids is 4. The van der Waals surface area contributed by atoms with Crippen molar-refractivity contribution in [1.29, 1.82) is 0 Å². The van der Waals surface area contributed by atoms with Gasteiger partial charge < -0.3 is 15.4 Å². The molecule has 1 aromatic carbocycles. The number of nitrogens with one attached hydrogen (secondary N) is 3. The highest BCUT2D eigenvalue weighted by molar-refractivity contribution is 8.00. The van der Waals surface area contributed by atoms with Crippen LogP contribution in [0.4, 0.5) is 10.5 Å². The second kappa shape index (κ2) is 7.14. The molecule has 0 saturated carbocycles. The van der Waals surface area contributed by atoms with Gasteiger partial charge in [-0.3, -0.25) is 14.9 Å². The van der Waals surface area contributed by atoms with Crippen molar-refractivity contribution in [2.24, 2.45) is 0 Å². The Bertz CT molecular complexity index is 676. The largest absolute Gasteiger partial charge is 0.449 e. The second-order valence-corrected chi connectivity index (χ2v) is 5.68. The molecule has 1 aliphatic rings. The lowest BCUT2D eigenvalue weighted by atomic mass is 10.2. The first kappa shape index (κ1) is 16.8. The molecule has 0 aromatic heterocycles. The van der Waals surface area contributed by atoms with E-state index in [-0.39, 0.29) is 11.5 Å². The van der Waals surface area contributed by atoms with E-state index in [4.69, 9.17) is 4.74 Å². The van der Waals surface area contributed by atoms with Gasteiger partial charge in [0.25, 0.3) is 5.91 Å². The van der Waals surface area contributed by atoms with Crippen molar-refractivity contribution >= 4 is 41.3 Å². The summed E-state index contributed by atoms with van der Waals surface area (Å²) in [4.78, 5) is 47.0. The van der Waals surface area contributed by atoms with E-state index in [9.17, 15) is 19.2 Å². The monoisotopic (exact) mass is 337 g/mol. The van der Waals surface area contributed by atoms with Crippen LogP contribution >= 0.6 is 11.8 Å². The lowest BCUT2D eigenvalue weighted by molar-refractivity contribution is -0.127. The molecule has 1 atom stereocenters. The van der Waals surface area contributed by atoms with Gasteiger partial charge in [-0.25, -0.2) is 9.59 Å². The van der Waals surface area contributed by atoms with Gasteiger partial charge in [-0.15, -0.1) is 11.8 Å². The molecule has 1 aromatic rings. The van der Waals surface area contributed by atoms with Crippen molar-refractivity contribution in [3.63, 3.8) is 0 Å². The molecule has 0 radical (unpaired) electrons. The Hall–Kier alpha value is -2.55. The smallest absolute Gasteiger partial charge is 0.338 e. The Morgan fingerprint density at radius 3 is 2.78 bits per heavy atom. The first-order chi connectivity index (χ1) is 10.9. The van der Waals surface area contributed by atoms with Gasteiger partial charge in [0.15, 0.2) is 6.10 Å². The van der Waals surface area contributed by atoms with Crippen LogP contribution in [-0.2, 0) is 14.3 Å². The van der Waals surface area contributed by atoms with Crippen molar-refractivity contribution < 1.29 is 23.9 Å². The Morgan fingerprint density at radius 1 is 1.35 bits per heavy atom. The summed E-state index contributed by atoms with van der Waals surface area (Å²) in [6, 6.07) is 4.05. The molecule has 122 valence electrons. The van der Waals surface area contributed by atoms with Gasteiger partial charge in [0.05, 0.1) is 17.0 Å². The molecule has 2 rings (SSSR count). The topological polar surface area (TPSA) is 114 Å². The van der Waals surface area contributed by atoms with Gasteiger partial charge in [0.1, 0.15) is 0 Å². The summed E-state index contributed by atoms with van der Waals surface area (Å²) < 4.78 is 5.01. The van der Waals surface area contributed by atoms with E-state index in [2.05, 4.69) is 10.6 Å². The third kappa shape index (κ3) is 4.22. The van der Waals surface area contributed by atoms with E-state index in [1.165, 1.54) is 31.8 Å². The molecule has 1 unspecified atom stereocenters. The molecule has 4 amide bonds. The minimum atomic E-state index is -1.14. The zero-order valence-corrected chi connectivity index (χ0v) is 13.3. The summed E-state index contributed by atoms with van der Waals surface area (Å²) in [5.41, 5.74) is 0.731. The number of urea groups is 1. The van der Waals surface area contributed by atoms with E-state index in [0.717, 1.165) is 4.90 Å². The number of esters is 1. The molecular weight excluding hydrogens is 322 g/mol. The number of carbonyl (C=O) groups is 4. The molecule has 0 fully saturated rings. The standard InChI is InChI=1S/C14H15N3O5S/c1-7(12(19)17-14(21)15-2)22-13(20)8-3-4-10-9(5-8)16-11(18)6-23-10/h3-5,7H,6H2,1-2H3,(H,16,18)(H2,15,17,19,21). The van der Waals surface area contributed by atoms with Crippen LogP contribution in [0.2, 0.25) is 0 Å². The Kier molecular flexibility index (Phi) is 5.22. The van der Waals surface area contributed by atoms with Crippen molar-refractivity contribution in [3.05, 3.63) is 23.8 Å². The van der Waals surface area contributed by atoms with Gasteiger partial charge >= 0.3 is 12.0 Å². The summed E-state index contributed by atoms with van der Waals surface area (Å²) >= 11 is 1.37. The quantitative estimate of drug-likeness (QED) is 0.701. The van der Waals surface area contributed by atoms with Crippen molar-refractivity contribution in [2.45, 2.75) is 17.9 Å². The fourth-order valence-corrected chi connectivity index (χ4v) is 2.56. The average molecular weight is 337 g/mol. The summed E-state index contributed by atoms with van der Waals surface area (Å²) in [6.45, 7) is 1.35. The molecular formula is C14H15N3O5S. The number of hydrogen-bond acceptors (Lipinski definition) is 6. The maximum absolute atomic E-state index is 12.1. The van der Waals surface area contributed by atoms with Crippen LogP contribution in [0.1, 0.15) is 17.3 Å². The highest BCUT2D eigenvalue weighted by Gasteiger charge is 2.22. The van der Waals surface area contributed by atoms with Crippen molar-refractivity contribution in [1.82, 2.24) is 10.6 Å². The number of ether oxygens (including phenoxy) is 1. The number of benzene rings is 1.